The molecule has 0 spiro atoms. The van der Waals surface area contributed by atoms with Crippen LogP contribution in [-0.4, -0.2) is 34.6 Å². The van der Waals surface area contributed by atoms with Gasteiger partial charge in [-0.15, -0.1) is 0 Å². The first-order valence-electron chi connectivity index (χ1n) is 16.2. The molecule has 0 aliphatic heterocycles. The van der Waals surface area contributed by atoms with E-state index in [9.17, 15) is 10.2 Å². The van der Waals surface area contributed by atoms with E-state index in [1.54, 1.807) is 12.4 Å². The summed E-state index contributed by atoms with van der Waals surface area (Å²) in [6.07, 6.45) is 5.34. The summed E-state index contributed by atoms with van der Waals surface area (Å²) in [6.45, 7) is 23.7. The fourth-order valence-corrected chi connectivity index (χ4v) is 4.91. The summed E-state index contributed by atoms with van der Waals surface area (Å²) in [5.74, 6) is -1.14. The van der Waals surface area contributed by atoms with Gasteiger partial charge in [0, 0.05) is 35.5 Å². The van der Waals surface area contributed by atoms with E-state index < -0.39 is 11.9 Å². The number of hydrogen-bond acceptors (Lipinski definition) is 8. The van der Waals surface area contributed by atoms with Crippen molar-refractivity contribution in [2.24, 2.45) is 20.8 Å². The van der Waals surface area contributed by atoms with Crippen LogP contribution in [0.15, 0.2) is 58.5 Å². The molecule has 0 fully saturated rings. The Morgan fingerprint density at radius 1 is 0.653 bits per heavy atom. The van der Waals surface area contributed by atoms with E-state index in [4.69, 9.17) is 19.8 Å². The molecule has 0 bridgehead atoms. The van der Waals surface area contributed by atoms with Gasteiger partial charge in [-0.05, 0) is 108 Å². The third kappa shape index (κ3) is 17.9. The summed E-state index contributed by atoms with van der Waals surface area (Å²) >= 11 is 0. The summed E-state index contributed by atoms with van der Waals surface area (Å²) < 4.78 is 0. The van der Waals surface area contributed by atoms with E-state index in [2.05, 4.69) is 91.4 Å². The van der Waals surface area contributed by atoms with Crippen LogP contribution < -0.4 is 10.2 Å². The van der Waals surface area contributed by atoms with Gasteiger partial charge in [0.2, 0.25) is 0 Å². The summed E-state index contributed by atoms with van der Waals surface area (Å²) in [7, 11) is 0. The Hall–Kier alpha value is -3.95. The second-order valence-electron chi connectivity index (χ2n) is 15.0. The van der Waals surface area contributed by atoms with E-state index in [-0.39, 0.29) is 39.4 Å². The molecule has 0 heterocycles. The average molecular weight is 718 g/mol. The van der Waals surface area contributed by atoms with Crippen LogP contribution in [-0.2, 0) is 39.2 Å². The Balaban J connectivity index is 0.00000230. The van der Waals surface area contributed by atoms with Crippen LogP contribution >= 0.6 is 0 Å². The molecule has 0 atom stereocenters. The Morgan fingerprint density at radius 2 is 0.918 bits per heavy atom. The Kier molecular flexibility index (Phi) is 18.3. The zero-order valence-corrected chi connectivity index (χ0v) is 32.1. The van der Waals surface area contributed by atoms with Crippen LogP contribution in [0.3, 0.4) is 0 Å². The van der Waals surface area contributed by atoms with Crippen molar-refractivity contribution in [2.45, 2.75) is 108 Å². The molecule has 0 aromatic heterocycles. The Bertz CT molecular complexity index is 1450. The predicted octanol–water partition coefficient (Wildman–Crippen LogP) is 7.53. The minimum absolute atomic E-state index is 0. The van der Waals surface area contributed by atoms with Crippen molar-refractivity contribution in [3.05, 3.63) is 81.9 Å². The van der Waals surface area contributed by atoms with E-state index in [1.807, 2.05) is 36.4 Å². The number of carboxylic acids is 2. The second kappa shape index (κ2) is 19.9. The van der Waals surface area contributed by atoms with Gasteiger partial charge in [0.15, 0.2) is 0 Å². The number of phenolic OH excluding ortho intramolecular Hbond substituents is 2. The number of nitrogens with zero attached hydrogens (tertiary/aromatic N) is 2. The van der Waals surface area contributed by atoms with Gasteiger partial charge >= 0.3 is 16.8 Å². The van der Waals surface area contributed by atoms with Gasteiger partial charge in [-0.1, -0.05) is 81.4 Å². The monoisotopic (exact) mass is 717 g/mol. The molecule has 0 aliphatic rings. The van der Waals surface area contributed by atoms with E-state index >= 15 is 0 Å². The maximum absolute atomic E-state index is 10.9. The van der Waals surface area contributed by atoms with Crippen molar-refractivity contribution in [3.63, 3.8) is 0 Å². The molecule has 49 heavy (non-hydrogen) atoms. The number of phenols is 2. The van der Waals surface area contributed by atoms with Crippen LogP contribution in [0.4, 0.5) is 11.4 Å². The minimum atomic E-state index is -1.08. The summed E-state index contributed by atoms with van der Waals surface area (Å²) in [6, 6.07) is 16.0. The first-order chi connectivity index (χ1) is 22.0. The van der Waals surface area contributed by atoms with Gasteiger partial charge in [0.1, 0.15) is 11.5 Å². The quantitative estimate of drug-likeness (QED) is 0.231. The molecule has 3 aromatic carbocycles. The number of hydrogen-bond donors (Lipinski definition) is 2. The number of rotatable bonds is 8. The molecule has 0 amide bonds. The molecule has 8 nitrogen and oxygen atoms in total. The Labute approximate surface area is 303 Å². The largest absolute Gasteiger partial charge is 2.00 e. The molecule has 269 valence electrons. The Morgan fingerprint density at radius 3 is 1.14 bits per heavy atom. The van der Waals surface area contributed by atoms with Gasteiger partial charge in [-0.2, -0.15) is 0 Å². The van der Waals surface area contributed by atoms with Crippen molar-refractivity contribution >= 4 is 35.7 Å². The standard InChI is InChI=1S/C36H48N2O2.2C2H4O2.Co/c1-23(2)31-17-25(19-35(5,6)7)15-27(33(31)39)21-37-29-11-13-30(14-12-29)38-22-28-16-26(20-36(8,9)10)18-32(24(3)4)34(28)40;2*1-2(3)4;/h11-18,21-24,39-40H,19-20H2,1-10H3;2*1H3,(H,3,4);/q;;;+2/p-2. The summed E-state index contributed by atoms with van der Waals surface area (Å²) in [5.41, 5.74) is 7.63. The molecule has 3 rings (SSSR count). The van der Waals surface area contributed by atoms with Crippen LogP contribution in [0.2, 0.25) is 0 Å². The number of aliphatic imine (C=N–C) groups is 2. The molecule has 0 unspecified atom stereocenters. The smallest absolute Gasteiger partial charge is 0.550 e. The molecule has 0 saturated heterocycles. The van der Waals surface area contributed by atoms with Gasteiger partial charge in [-0.3, -0.25) is 9.98 Å². The summed E-state index contributed by atoms with van der Waals surface area (Å²) in [5, 5.41) is 39.6. The maximum Gasteiger partial charge on any atom is 2.00 e. The molecular formula is C40H54CoN2O6. The minimum Gasteiger partial charge on any atom is -0.550 e. The number of aliphatic carboxylic acids is 2. The van der Waals surface area contributed by atoms with Crippen molar-refractivity contribution in [3.8, 4) is 11.5 Å². The third-order valence-electron chi connectivity index (χ3n) is 6.73. The average Bonchev–Trinajstić information content (AvgIpc) is 2.91. The zero-order chi connectivity index (χ0) is 37.0. The molecule has 0 aliphatic carbocycles. The normalized spacial score (nSPS) is 11.6. The molecule has 1 radical (unpaired) electrons. The van der Waals surface area contributed by atoms with Crippen LogP contribution in [0.25, 0.3) is 0 Å². The molecule has 2 N–H and O–H groups in total. The predicted molar refractivity (Wildman–Crippen MR) is 193 cm³/mol. The van der Waals surface area contributed by atoms with Crippen LogP contribution in [0, 0.1) is 10.8 Å². The molecular weight excluding hydrogens is 663 g/mol. The van der Waals surface area contributed by atoms with Crippen molar-refractivity contribution < 1.29 is 46.8 Å². The first kappa shape index (κ1) is 45.0. The van der Waals surface area contributed by atoms with Gasteiger partial charge < -0.3 is 30.0 Å². The third-order valence-corrected chi connectivity index (χ3v) is 6.73. The van der Waals surface area contributed by atoms with Crippen LogP contribution in [0.1, 0.15) is 128 Å². The molecule has 0 saturated carbocycles. The van der Waals surface area contributed by atoms with Crippen molar-refractivity contribution in [2.75, 3.05) is 0 Å². The van der Waals surface area contributed by atoms with E-state index in [0.29, 0.717) is 11.5 Å². The van der Waals surface area contributed by atoms with Crippen molar-refractivity contribution in [1.29, 1.82) is 0 Å². The maximum atomic E-state index is 10.9. The van der Waals surface area contributed by atoms with Crippen molar-refractivity contribution in [1.82, 2.24) is 0 Å². The zero-order valence-electron chi connectivity index (χ0n) is 31.1. The molecule has 9 heteroatoms. The van der Waals surface area contributed by atoms with Gasteiger partial charge in [0.05, 0.1) is 11.4 Å². The number of aromatic hydroxyl groups is 2. The topological polar surface area (TPSA) is 145 Å². The summed E-state index contributed by atoms with van der Waals surface area (Å²) in [4.78, 5) is 27.1. The fraction of sp³-hybridized carbons (Fsp3) is 0.450. The molecule has 3 aromatic rings. The number of carboxylic acid groups (broad SMARTS) is 2. The number of benzene rings is 3. The first-order valence-corrected chi connectivity index (χ1v) is 16.2. The van der Waals surface area contributed by atoms with Crippen LogP contribution in [0.5, 0.6) is 11.5 Å². The van der Waals surface area contributed by atoms with E-state index in [0.717, 1.165) is 60.3 Å². The fourth-order valence-electron chi connectivity index (χ4n) is 4.91. The SMILES string of the molecule is CC(=O)[O-].CC(=O)[O-].CC(C)c1cc(CC(C)(C)C)cc(C=Nc2ccc(N=Cc3cc(CC(C)(C)C)cc(C(C)C)c3O)cc2)c1O.[Co+2]. The van der Waals surface area contributed by atoms with Gasteiger partial charge in [-0.25, -0.2) is 0 Å². The second-order valence-corrected chi connectivity index (χ2v) is 15.0. The van der Waals surface area contributed by atoms with Gasteiger partial charge in [0.25, 0.3) is 0 Å². The number of carbonyl (C=O) groups is 2. The van der Waals surface area contributed by atoms with E-state index in [1.165, 1.54) is 11.1 Å². The number of carbonyl (C=O) groups excluding carboxylic acids is 2.